The van der Waals surface area contributed by atoms with Crippen molar-refractivity contribution >= 4 is 28.2 Å². The van der Waals surface area contributed by atoms with Crippen LogP contribution in [0.15, 0.2) is 54.6 Å². The number of carbonyl (C=O) groups excluding carboxylic acids is 2. The summed E-state index contributed by atoms with van der Waals surface area (Å²) in [5.74, 6) is 0.580. The van der Waals surface area contributed by atoms with E-state index in [1.807, 2.05) is 30.3 Å². The molecule has 0 saturated heterocycles. The smallest absolute Gasteiger partial charge is 0.256 e. The molecule has 2 amide bonds. The van der Waals surface area contributed by atoms with Crippen molar-refractivity contribution in [3.63, 3.8) is 0 Å². The first-order valence-electron chi connectivity index (χ1n) is 10.2. The molecule has 7 heteroatoms. The lowest BCUT2D eigenvalue weighted by Gasteiger charge is -2.30. The second-order valence-corrected chi connectivity index (χ2v) is 8.89. The highest BCUT2D eigenvalue weighted by Gasteiger charge is 2.28. The minimum absolute atomic E-state index is 0.284. The Morgan fingerprint density at radius 1 is 1.06 bits per heavy atom. The van der Waals surface area contributed by atoms with Gasteiger partial charge in [0.1, 0.15) is 16.5 Å². The van der Waals surface area contributed by atoms with Crippen LogP contribution >= 0.6 is 11.3 Å². The van der Waals surface area contributed by atoms with Crippen molar-refractivity contribution in [2.24, 2.45) is 5.73 Å². The first kappa shape index (κ1) is 21.1. The van der Waals surface area contributed by atoms with Gasteiger partial charge in [0.2, 0.25) is 0 Å². The maximum absolute atomic E-state index is 12.8. The highest BCUT2D eigenvalue weighted by atomic mass is 32.1. The number of nitrogens with two attached hydrogens (primary N) is 1. The Labute approximate surface area is 185 Å². The van der Waals surface area contributed by atoms with E-state index in [1.54, 1.807) is 24.3 Å². The van der Waals surface area contributed by atoms with Crippen LogP contribution in [0.4, 0.5) is 5.00 Å². The third kappa shape index (κ3) is 4.62. The molecule has 0 radical (unpaired) electrons. The highest BCUT2D eigenvalue weighted by molar-refractivity contribution is 7.17. The molecule has 4 rings (SSSR count). The SMILES string of the molecule is CC(C)N1CCc2c(sc(NC(=O)c3ccc(Oc4ccccc4)cc3)c2C(N)=O)C1. The maximum Gasteiger partial charge on any atom is 0.256 e. The zero-order chi connectivity index (χ0) is 22.0. The molecule has 3 N–H and O–H groups in total. The minimum Gasteiger partial charge on any atom is -0.457 e. The first-order valence-corrected chi connectivity index (χ1v) is 11.1. The molecule has 2 heterocycles. The number of hydrogen-bond donors (Lipinski definition) is 2. The van der Waals surface area contributed by atoms with Crippen molar-refractivity contribution in [2.75, 3.05) is 11.9 Å². The molecule has 0 spiro atoms. The molecule has 0 bridgehead atoms. The lowest BCUT2D eigenvalue weighted by atomic mass is 10.0. The van der Waals surface area contributed by atoms with Gasteiger partial charge in [-0.25, -0.2) is 0 Å². The van der Waals surface area contributed by atoms with Crippen LogP contribution in [0, 0.1) is 0 Å². The quantitative estimate of drug-likeness (QED) is 0.590. The molecule has 0 fully saturated rings. The van der Waals surface area contributed by atoms with Crippen LogP contribution < -0.4 is 15.8 Å². The number of rotatable bonds is 6. The van der Waals surface area contributed by atoms with Gasteiger partial charge in [-0.05, 0) is 62.2 Å². The minimum atomic E-state index is -0.502. The standard InChI is InChI=1S/C24H25N3O3S/c1-15(2)27-13-12-19-20(14-27)31-24(21(19)22(25)28)26-23(29)16-8-10-18(11-9-16)30-17-6-4-3-5-7-17/h3-11,15H,12-14H2,1-2H3,(H2,25,28)(H,26,29). The van der Waals surface area contributed by atoms with Gasteiger partial charge in [0.25, 0.3) is 11.8 Å². The number of nitrogens with zero attached hydrogens (tertiary/aromatic N) is 1. The van der Waals surface area contributed by atoms with E-state index < -0.39 is 5.91 Å². The van der Waals surface area contributed by atoms with Gasteiger partial charge in [-0.15, -0.1) is 11.3 Å². The average Bonchev–Trinajstić information content (AvgIpc) is 3.12. The summed E-state index contributed by atoms with van der Waals surface area (Å²) in [5, 5.41) is 3.42. The van der Waals surface area contributed by atoms with Gasteiger partial charge < -0.3 is 15.8 Å². The van der Waals surface area contributed by atoms with Crippen LogP contribution in [0.1, 0.15) is 45.0 Å². The van der Waals surface area contributed by atoms with Crippen molar-refractivity contribution in [3.05, 3.63) is 76.2 Å². The van der Waals surface area contributed by atoms with Gasteiger partial charge in [-0.1, -0.05) is 18.2 Å². The number of nitrogens with one attached hydrogen (secondary N) is 1. The van der Waals surface area contributed by atoms with E-state index in [0.29, 0.717) is 27.9 Å². The van der Waals surface area contributed by atoms with E-state index in [4.69, 9.17) is 10.5 Å². The number of fused-ring (bicyclic) bond motifs is 1. The summed E-state index contributed by atoms with van der Waals surface area (Å²) in [6.45, 7) is 5.94. The highest BCUT2D eigenvalue weighted by Crippen LogP contribution is 2.37. The fourth-order valence-corrected chi connectivity index (χ4v) is 4.96. The Hall–Kier alpha value is -3.16. The molecule has 0 unspecified atom stereocenters. The van der Waals surface area contributed by atoms with Crippen LogP contribution in [0.2, 0.25) is 0 Å². The van der Waals surface area contributed by atoms with E-state index in [0.717, 1.165) is 35.7 Å². The van der Waals surface area contributed by atoms with Crippen molar-refractivity contribution in [1.82, 2.24) is 4.90 Å². The summed E-state index contributed by atoms with van der Waals surface area (Å²) < 4.78 is 5.77. The number of para-hydroxylation sites is 1. The van der Waals surface area contributed by atoms with Gasteiger partial charge in [-0.2, -0.15) is 0 Å². The zero-order valence-electron chi connectivity index (χ0n) is 17.6. The first-order chi connectivity index (χ1) is 14.9. The molecule has 0 aliphatic carbocycles. The van der Waals surface area contributed by atoms with E-state index >= 15 is 0 Å². The lowest BCUT2D eigenvalue weighted by molar-refractivity contribution is 0.0999. The van der Waals surface area contributed by atoms with Crippen LogP contribution in [0.5, 0.6) is 11.5 Å². The zero-order valence-corrected chi connectivity index (χ0v) is 18.4. The number of carbonyl (C=O) groups is 2. The van der Waals surface area contributed by atoms with Crippen LogP contribution in [0.25, 0.3) is 0 Å². The molecule has 0 atom stereocenters. The average molecular weight is 436 g/mol. The van der Waals surface area contributed by atoms with Crippen molar-refractivity contribution in [3.8, 4) is 11.5 Å². The Morgan fingerprint density at radius 3 is 2.39 bits per heavy atom. The monoisotopic (exact) mass is 435 g/mol. The summed E-state index contributed by atoms with van der Waals surface area (Å²) in [4.78, 5) is 28.4. The van der Waals surface area contributed by atoms with Crippen LogP contribution in [-0.4, -0.2) is 29.3 Å². The molecule has 1 aliphatic rings. The Bertz CT molecular complexity index is 1090. The van der Waals surface area contributed by atoms with E-state index in [-0.39, 0.29) is 5.91 Å². The molecule has 31 heavy (non-hydrogen) atoms. The van der Waals surface area contributed by atoms with Gasteiger partial charge in [0.05, 0.1) is 5.56 Å². The number of ether oxygens (including phenoxy) is 1. The predicted molar refractivity (Wildman–Crippen MR) is 123 cm³/mol. The Morgan fingerprint density at radius 2 is 1.74 bits per heavy atom. The number of benzene rings is 2. The number of thiophene rings is 1. The fraction of sp³-hybridized carbons (Fsp3) is 0.250. The summed E-state index contributed by atoms with van der Waals surface area (Å²) in [7, 11) is 0. The number of amides is 2. The second kappa shape index (κ2) is 8.91. The molecular weight excluding hydrogens is 410 g/mol. The van der Waals surface area contributed by atoms with Crippen LogP contribution in [-0.2, 0) is 13.0 Å². The van der Waals surface area contributed by atoms with Crippen molar-refractivity contribution in [2.45, 2.75) is 32.9 Å². The summed E-state index contributed by atoms with van der Waals surface area (Å²) >= 11 is 1.44. The third-order valence-corrected chi connectivity index (χ3v) is 6.52. The van der Waals surface area contributed by atoms with Gasteiger partial charge >= 0.3 is 0 Å². The predicted octanol–water partition coefficient (Wildman–Crippen LogP) is 4.66. The topological polar surface area (TPSA) is 84.7 Å². The molecule has 2 aromatic carbocycles. The molecule has 3 aromatic rings. The largest absolute Gasteiger partial charge is 0.457 e. The fourth-order valence-electron chi connectivity index (χ4n) is 3.69. The van der Waals surface area contributed by atoms with Gasteiger partial charge in [0, 0.05) is 29.6 Å². The number of anilines is 1. The molecular formula is C24H25N3O3S. The Balaban J connectivity index is 1.51. The molecule has 0 saturated carbocycles. The number of hydrogen-bond acceptors (Lipinski definition) is 5. The van der Waals surface area contributed by atoms with Gasteiger partial charge in [-0.3, -0.25) is 14.5 Å². The second-order valence-electron chi connectivity index (χ2n) is 7.78. The van der Waals surface area contributed by atoms with E-state index in [9.17, 15) is 9.59 Å². The molecule has 6 nitrogen and oxygen atoms in total. The molecule has 160 valence electrons. The third-order valence-electron chi connectivity index (χ3n) is 5.39. The normalized spacial score (nSPS) is 13.6. The lowest BCUT2D eigenvalue weighted by Crippen LogP contribution is -2.35. The van der Waals surface area contributed by atoms with E-state index in [1.165, 1.54) is 11.3 Å². The van der Waals surface area contributed by atoms with Gasteiger partial charge in [0.15, 0.2) is 0 Å². The summed E-state index contributed by atoms with van der Waals surface area (Å²) in [6, 6.07) is 16.8. The number of primary amides is 1. The van der Waals surface area contributed by atoms with E-state index in [2.05, 4.69) is 24.1 Å². The maximum atomic E-state index is 12.8. The summed E-state index contributed by atoms with van der Waals surface area (Å²) in [5.41, 5.74) is 7.56. The summed E-state index contributed by atoms with van der Waals surface area (Å²) in [6.07, 6.45) is 0.754. The Kier molecular flexibility index (Phi) is 6.06. The molecule has 1 aliphatic heterocycles. The van der Waals surface area contributed by atoms with Crippen molar-refractivity contribution in [1.29, 1.82) is 0 Å². The van der Waals surface area contributed by atoms with Crippen molar-refractivity contribution < 1.29 is 14.3 Å². The van der Waals surface area contributed by atoms with Crippen LogP contribution in [0.3, 0.4) is 0 Å². The molecule has 1 aromatic heterocycles.